The smallest absolute Gasteiger partial charge is 0.0642 e. The minimum atomic E-state index is 0.653. The summed E-state index contributed by atoms with van der Waals surface area (Å²) < 4.78 is 0. The third-order valence-corrected chi connectivity index (χ3v) is 4.74. The van der Waals surface area contributed by atoms with Crippen molar-refractivity contribution < 1.29 is 0 Å². The molecule has 0 radical (unpaired) electrons. The fraction of sp³-hybridized carbons (Fsp3) is 0.625. The molecule has 0 amide bonds. The van der Waals surface area contributed by atoms with Gasteiger partial charge in [0, 0.05) is 17.9 Å². The van der Waals surface area contributed by atoms with Crippen molar-refractivity contribution in [1.29, 1.82) is 0 Å². The van der Waals surface area contributed by atoms with Gasteiger partial charge in [0.05, 0.1) is 10.7 Å². The van der Waals surface area contributed by atoms with Gasteiger partial charge in [0.2, 0.25) is 0 Å². The summed E-state index contributed by atoms with van der Waals surface area (Å²) in [5.74, 6) is 0.653. The maximum Gasteiger partial charge on any atom is 0.0642 e. The zero-order chi connectivity index (χ0) is 13.8. The molecule has 0 unspecified atom stereocenters. The molecule has 19 heavy (non-hydrogen) atoms. The van der Waals surface area contributed by atoms with E-state index in [0.29, 0.717) is 12.0 Å². The molecule has 0 spiro atoms. The van der Waals surface area contributed by atoms with Crippen molar-refractivity contribution in [3.05, 3.63) is 28.8 Å². The average molecular weight is 345 g/mol. The standard InChI is InChI=1S/C16H23BrClN/c1-12(2)11-19(14-7-3-4-8-14)16-13(10-17)6-5-9-15(16)18/h5-6,9,12,14H,3-4,7-8,10-11H2,1-2H3. The number of rotatable bonds is 5. The highest BCUT2D eigenvalue weighted by Gasteiger charge is 2.26. The van der Waals surface area contributed by atoms with E-state index < -0.39 is 0 Å². The Kier molecular flexibility index (Phi) is 5.58. The lowest BCUT2D eigenvalue weighted by Crippen LogP contribution is -2.37. The lowest BCUT2D eigenvalue weighted by atomic mass is 10.1. The Labute approximate surface area is 130 Å². The summed E-state index contributed by atoms with van der Waals surface area (Å²) in [4.78, 5) is 2.57. The fourth-order valence-corrected chi connectivity index (χ4v) is 3.78. The minimum absolute atomic E-state index is 0.653. The van der Waals surface area contributed by atoms with E-state index in [1.807, 2.05) is 12.1 Å². The van der Waals surface area contributed by atoms with Crippen LogP contribution in [-0.4, -0.2) is 12.6 Å². The first-order valence-electron chi connectivity index (χ1n) is 7.23. The monoisotopic (exact) mass is 343 g/mol. The first kappa shape index (κ1) is 15.2. The van der Waals surface area contributed by atoms with Crippen molar-refractivity contribution in [2.24, 2.45) is 5.92 Å². The van der Waals surface area contributed by atoms with Gasteiger partial charge >= 0.3 is 0 Å². The summed E-state index contributed by atoms with van der Waals surface area (Å²) in [6.07, 6.45) is 5.32. The van der Waals surface area contributed by atoms with Crippen molar-refractivity contribution >= 4 is 33.2 Å². The highest BCUT2D eigenvalue weighted by Crippen LogP contribution is 2.37. The van der Waals surface area contributed by atoms with E-state index in [0.717, 1.165) is 16.9 Å². The SMILES string of the molecule is CC(C)CN(c1c(Cl)cccc1CBr)C1CCCC1. The van der Waals surface area contributed by atoms with Crippen molar-refractivity contribution in [3.63, 3.8) is 0 Å². The van der Waals surface area contributed by atoms with Gasteiger partial charge in [-0.2, -0.15) is 0 Å². The van der Waals surface area contributed by atoms with Crippen LogP contribution in [0.3, 0.4) is 0 Å². The molecular weight excluding hydrogens is 322 g/mol. The summed E-state index contributed by atoms with van der Waals surface area (Å²) in [5, 5.41) is 1.76. The number of hydrogen-bond donors (Lipinski definition) is 0. The normalized spacial score (nSPS) is 16.3. The number of para-hydroxylation sites is 1. The van der Waals surface area contributed by atoms with Gasteiger partial charge in [-0.15, -0.1) is 0 Å². The second-order valence-electron chi connectivity index (χ2n) is 5.87. The molecule has 0 atom stereocenters. The van der Waals surface area contributed by atoms with Crippen LogP contribution in [-0.2, 0) is 5.33 Å². The number of alkyl halides is 1. The number of nitrogens with zero attached hydrogens (tertiary/aromatic N) is 1. The van der Waals surface area contributed by atoms with Gasteiger partial charge in [0.1, 0.15) is 0 Å². The Morgan fingerprint density at radius 3 is 2.58 bits per heavy atom. The maximum atomic E-state index is 6.50. The van der Waals surface area contributed by atoms with Crippen LogP contribution in [0.4, 0.5) is 5.69 Å². The number of anilines is 1. The Morgan fingerprint density at radius 1 is 1.32 bits per heavy atom. The maximum absolute atomic E-state index is 6.50. The van der Waals surface area contributed by atoms with Crippen LogP contribution in [0.25, 0.3) is 0 Å². The Bertz CT molecular complexity index is 413. The van der Waals surface area contributed by atoms with Crippen LogP contribution in [0.15, 0.2) is 18.2 Å². The van der Waals surface area contributed by atoms with Crippen LogP contribution < -0.4 is 4.90 Å². The Morgan fingerprint density at radius 2 is 2.00 bits per heavy atom. The molecule has 1 aromatic rings. The molecule has 0 saturated heterocycles. The molecule has 0 bridgehead atoms. The summed E-state index contributed by atoms with van der Waals surface area (Å²) in [7, 11) is 0. The van der Waals surface area contributed by atoms with E-state index in [4.69, 9.17) is 11.6 Å². The molecule has 0 heterocycles. The quantitative estimate of drug-likeness (QED) is 0.625. The molecule has 3 heteroatoms. The van der Waals surface area contributed by atoms with Crippen LogP contribution in [0, 0.1) is 5.92 Å². The van der Waals surface area contributed by atoms with Gasteiger partial charge in [0.15, 0.2) is 0 Å². The molecule has 1 aliphatic carbocycles. The molecule has 1 fully saturated rings. The third-order valence-electron chi connectivity index (χ3n) is 3.83. The van der Waals surface area contributed by atoms with E-state index in [1.54, 1.807) is 0 Å². The third kappa shape index (κ3) is 3.66. The molecular formula is C16H23BrClN. The first-order chi connectivity index (χ1) is 9.13. The van der Waals surface area contributed by atoms with Crippen molar-refractivity contribution in [1.82, 2.24) is 0 Å². The van der Waals surface area contributed by atoms with Crippen LogP contribution in [0.2, 0.25) is 5.02 Å². The van der Waals surface area contributed by atoms with E-state index in [2.05, 4.69) is 40.7 Å². The molecule has 0 aliphatic heterocycles. The second-order valence-corrected chi connectivity index (χ2v) is 6.83. The van der Waals surface area contributed by atoms with Crippen LogP contribution >= 0.6 is 27.5 Å². The molecule has 1 nitrogen and oxygen atoms in total. The topological polar surface area (TPSA) is 3.24 Å². The fourth-order valence-electron chi connectivity index (χ4n) is 3.02. The zero-order valence-electron chi connectivity index (χ0n) is 11.8. The largest absolute Gasteiger partial charge is 0.367 e. The van der Waals surface area contributed by atoms with Gasteiger partial charge in [-0.05, 0) is 30.4 Å². The van der Waals surface area contributed by atoms with Crippen molar-refractivity contribution in [2.45, 2.75) is 50.9 Å². The highest BCUT2D eigenvalue weighted by molar-refractivity contribution is 9.08. The Hall–Kier alpha value is -0.210. The van der Waals surface area contributed by atoms with Gasteiger partial charge < -0.3 is 4.90 Å². The summed E-state index contributed by atoms with van der Waals surface area (Å²) in [5.41, 5.74) is 2.56. The van der Waals surface area contributed by atoms with Crippen molar-refractivity contribution in [2.75, 3.05) is 11.4 Å². The zero-order valence-corrected chi connectivity index (χ0v) is 14.2. The van der Waals surface area contributed by atoms with E-state index in [-0.39, 0.29) is 0 Å². The number of halogens is 2. The number of hydrogen-bond acceptors (Lipinski definition) is 1. The average Bonchev–Trinajstić information content (AvgIpc) is 2.89. The second kappa shape index (κ2) is 6.99. The highest BCUT2D eigenvalue weighted by atomic mass is 79.9. The van der Waals surface area contributed by atoms with Gasteiger partial charge in [-0.3, -0.25) is 0 Å². The van der Waals surface area contributed by atoms with Crippen molar-refractivity contribution in [3.8, 4) is 0 Å². The van der Waals surface area contributed by atoms with Gasteiger partial charge in [0.25, 0.3) is 0 Å². The lowest BCUT2D eigenvalue weighted by Gasteiger charge is -2.35. The Balaban J connectivity index is 2.36. The molecule has 0 N–H and O–H groups in total. The first-order valence-corrected chi connectivity index (χ1v) is 8.73. The van der Waals surface area contributed by atoms with Crippen LogP contribution in [0.5, 0.6) is 0 Å². The molecule has 0 aromatic heterocycles. The summed E-state index contributed by atoms with van der Waals surface area (Å²) >= 11 is 10.1. The summed E-state index contributed by atoms with van der Waals surface area (Å²) in [6, 6.07) is 6.91. The van der Waals surface area contributed by atoms with Gasteiger partial charge in [-0.1, -0.05) is 66.4 Å². The predicted octanol–water partition coefficient (Wildman–Crippen LogP) is 5.64. The molecule has 2 rings (SSSR count). The van der Waals surface area contributed by atoms with E-state index >= 15 is 0 Å². The summed E-state index contributed by atoms with van der Waals surface area (Å²) in [6.45, 7) is 5.66. The molecule has 106 valence electrons. The van der Waals surface area contributed by atoms with E-state index in [9.17, 15) is 0 Å². The molecule has 1 aliphatic rings. The lowest BCUT2D eigenvalue weighted by molar-refractivity contribution is 0.535. The van der Waals surface area contributed by atoms with E-state index in [1.165, 1.54) is 36.9 Å². The molecule has 1 saturated carbocycles. The predicted molar refractivity (Wildman–Crippen MR) is 88.5 cm³/mol. The molecule has 1 aromatic carbocycles. The minimum Gasteiger partial charge on any atom is -0.367 e. The van der Waals surface area contributed by atoms with Gasteiger partial charge in [-0.25, -0.2) is 0 Å². The van der Waals surface area contributed by atoms with Crippen LogP contribution in [0.1, 0.15) is 45.1 Å². The number of benzene rings is 1.